The van der Waals surface area contributed by atoms with Gasteiger partial charge in [-0.1, -0.05) is 0 Å². The van der Waals surface area contributed by atoms with Crippen LogP contribution in [-0.2, 0) is 0 Å². The highest BCUT2D eigenvalue weighted by Crippen LogP contribution is 2.20. The van der Waals surface area contributed by atoms with Gasteiger partial charge in [-0.2, -0.15) is 5.10 Å². The molecular weight excluding hydrogens is 248 g/mol. The largest absolute Gasteiger partial charge is 0.508 e. The van der Waals surface area contributed by atoms with E-state index in [9.17, 15) is 15.0 Å². The normalized spacial score (nSPS) is 11.3. The second kappa shape index (κ2) is 5.26. The summed E-state index contributed by atoms with van der Waals surface area (Å²) in [5.74, 6) is -0.398. The van der Waals surface area contributed by atoms with Crippen molar-refractivity contribution in [2.24, 2.45) is 5.10 Å². The van der Waals surface area contributed by atoms with Crippen LogP contribution in [-0.4, -0.2) is 21.8 Å². The van der Waals surface area contributed by atoms with E-state index in [-0.39, 0.29) is 17.1 Å². The Kier molecular flexibility index (Phi) is 3.51. The van der Waals surface area contributed by atoms with E-state index < -0.39 is 5.91 Å². The van der Waals surface area contributed by atoms with Crippen LogP contribution in [0.1, 0.15) is 23.0 Å². The Morgan fingerprint density at radius 3 is 2.53 bits per heavy atom. The molecule has 1 aromatic carbocycles. The second-order valence-corrected chi connectivity index (χ2v) is 3.85. The van der Waals surface area contributed by atoms with E-state index in [4.69, 9.17) is 4.42 Å². The van der Waals surface area contributed by atoms with E-state index in [2.05, 4.69) is 10.5 Å². The Hall–Kier alpha value is -2.76. The minimum Gasteiger partial charge on any atom is -0.508 e. The number of phenolic OH excluding ortho intramolecular Hbond substituents is 2. The molecule has 0 saturated carbocycles. The molecule has 0 aliphatic heterocycles. The molecule has 1 heterocycles. The highest BCUT2D eigenvalue weighted by molar-refractivity contribution is 5.99. The topological polar surface area (TPSA) is 95.1 Å². The van der Waals surface area contributed by atoms with Crippen LogP contribution in [0.2, 0.25) is 0 Å². The third kappa shape index (κ3) is 3.12. The van der Waals surface area contributed by atoms with E-state index >= 15 is 0 Å². The maximum atomic E-state index is 11.8. The first-order chi connectivity index (χ1) is 9.06. The fourth-order valence-electron chi connectivity index (χ4n) is 1.46. The lowest BCUT2D eigenvalue weighted by Crippen LogP contribution is -2.19. The number of furan rings is 1. The summed E-state index contributed by atoms with van der Waals surface area (Å²) in [5, 5.41) is 22.4. The highest BCUT2D eigenvalue weighted by atomic mass is 16.3. The van der Waals surface area contributed by atoms with Gasteiger partial charge < -0.3 is 14.6 Å². The van der Waals surface area contributed by atoms with Crippen molar-refractivity contribution in [1.29, 1.82) is 0 Å². The summed E-state index contributed by atoms with van der Waals surface area (Å²) in [7, 11) is 0. The number of phenols is 2. The van der Waals surface area contributed by atoms with Crippen LogP contribution in [0.15, 0.2) is 46.1 Å². The van der Waals surface area contributed by atoms with Crippen LogP contribution < -0.4 is 5.43 Å². The third-order valence-corrected chi connectivity index (χ3v) is 2.37. The number of amides is 1. The van der Waals surface area contributed by atoms with Gasteiger partial charge in [-0.25, -0.2) is 5.43 Å². The Morgan fingerprint density at radius 1 is 1.26 bits per heavy atom. The number of hydrogen-bond acceptors (Lipinski definition) is 5. The molecule has 1 aromatic heterocycles. The molecule has 0 aliphatic carbocycles. The van der Waals surface area contributed by atoms with E-state index in [0.29, 0.717) is 11.5 Å². The van der Waals surface area contributed by atoms with Crippen LogP contribution in [0.4, 0.5) is 0 Å². The third-order valence-electron chi connectivity index (χ3n) is 2.37. The molecule has 6 nitrogen and oxygen atoms in total. The van der Waals surface area contributed by atoms with Crippen molar-refractivity contribution in [1.82, 2.24) is 5.43 Å². The number of aromatic hydroxyl groups is 2. The predicted octanol–water partition coefficient (Wildman–Crippen LogP) is 1.84. The summed E-state index contributed by atoms with van der Waals surface area (Å²) in [6.07, 6.45) is 1.50. The van der Waals surface area contributed by atoms with Crippen molar-refractivity contribution in [3.8, 4) is 11.5 Å². The van der Waals surface area contributed by atoms with Gasteiger partial charge in [-0.05, 0) is 31.2 Å². The van der Waals surface area contributed by atoms with Gasteiger partial charge in [0, 0.05) is 11.6 Å². The first kappa shape index (κ1) is 12.7. The summed E-state index contributed by atoms with van der Waals surface area (Å²) < 4.78 is 5.11. The van der Waals surface area contributed by atoms with Crippen LogP contribution >= 0.6 is 0 Å². The quantitative estimate of drug-likeness (QED) is 0.579. The van der Waals surface area contributed by atoms with Crippen molar-refractivity contribution >= 4 is 11.6 Å². The minimum atomic E-state index is -0.544. The molecule has 0 radical (unpaired) electrons. The van der Waals surface area contributed by atoms with Gasteiger partial charge in [0.15, 0.2) is 0 Å². The average molecular weight is 260 g/mol. The second-order valence-electron chi connectivity index (χ2n) is 3.85. The Balaban J connectivity index is 2.11. The highest BCUT2D eigenvalue weighted by Gasteiger charge is 2.08. The summed E-state index contributed by atoms with van der Waals surface area (Å²) in [6, 6.07) is 7.02. The number of carbonyl (C=O) groups is 1. The zero-order chi connectivity index (χ0) is 13.8. The number of rotatable bonds is 3. The summed E-state index contributed by atoms with van der Waals surface area (Å²) in [4.78, 5) is 11.8. The van der Waals surface area contributed by atoms with Crippen LogP contribution in [0.25, 0.3) is 0 Å². The SMILES string of the molecule is C/C(=N\NC(=O)c1cc(O)cc(O)c1)c1ccco1. The van der Waals surface area contributed by atoms with Crippen molar-refractivity contribution in [3.63, 3.8) is 0 Å². The fraction of sp³-hybridized carbons (Fsp3) is 0.0769. The van der Waals surface area contributed by atoms with E-state index in [1.807, 2.05) is 0 Å². The van der Waals surface area contributed by atoms with Crippen molar-refractivity contribution in [3.05, 3.63) is 47.9 Å². The molecule has 3 N–H and O–H groups in total. The molecule has 0 spiro atoms. The number of benzene rings is 1. The Labute approximate surface area is 109 Å². The van der Waals surface area contributed by atoms with Gasteiger partial charge in [-0.3, -0.25) is 4.79 Å². The Morgan fingerprint density at radius 2 is 1.95 bits per heavy atom. The van der Waals surface area contributed by atoms with Crippen molar-refractivity contribution in [2.45, 2.75) is 6.92 Å². The van der Waals surface area contributed by atoms with E-state index in [0.717, 1.165) is 6.07 Å². The van der Waals surface area contributed by atoms with E-state index in [1.54, 1.807) is 19.1 Å². The number of nitrogens with one attached hydrogen (secondary N) is 1. The standard InChI is InChI=1S/C13H12N2O4/c1-8(12-3-2-4-19-12)14-15-13(18)9-5-10(16)7-11(17)6-9/h2-7,16-17H,1H3,(H,15,18)/b14-8+. The Bertz CT molecular complexity index is 597. The fourth-order valence-corrected chi connectivity index (χ4v) is 1.46. The van der Waals surface area contributed by atoms with Gasteiger partial charge in [0.25, 0.3) is 5.91 Å². The molecule has 0 atom stereocenters. The van der Waals surface area contributed by atoms with Crippen LogP contribution in [0.3, 0.4) is 0 Å². The average Bonchev–Trinajstić information content (AvgIpc) is 2.88. The molecule has 98 valence electrons. The zero-order valence-corrected chi connectivity index (χ0v) is 10.1. The molecular formula is C13H12N2O4. The predicted molar refractivity (Wildman–Crippen MR) is 68.2 cm³/mol. The summed E-state index contributed by atoms with van der Waals surface area (Å²) in [5.41, 5.74) is 2.92. The number of carbonyl (C=O) groups excluding carboxylic acids is 1. The van der Waals surface area contributed by atoms with E-state index in [1.165, 1.54) is 18.4 Å². The zero-order valence-electron chi connectivity index (χ0n) is 10.1. The lowest BCUT2D eigenvalue weighted by molar-refractivity contribution is 0.0954. The lowest BCUT2D eigenvalue weighted by Gasteiger charge is -2.03. The summed E-state index contributed by atoms with van der Waals surface area (Å²) >= 11 is 0. The number of hydrazone groups is 1. The van der Waals surface area contributed by atoms with Gasteiger partial charge in [0.05, 0.1) is 6.26 Å². The van der Waals surface area contributed by atoms with Gasteiger partial charge in [-0.15, -0.1) is 0 Å². The molecule has 19 heavy (non-hydrogen) atoms. The molecule has 0 saturated heterocycles. The molecule has 0 aliphatic rings. The number of nitrogens with zero attached hydrogens (tertiary/aromatic N) is 1. The monoisotopic (exact) mass is 260 g/mol. The van der Waals surface area contributed by atoms with Gasteiger partial charge in [0.1, 0.15) is 23.0 Å². The van der Waals surface area contributed by atoms with Crippen LogP contribution in [0, 0.1) is 0 Å². The maximum Gasteiger partial charge on any atom is 0.271 e. The number of hydrogen-bond donors (Lipinski definition) is 3. The van der Waals surface area contributed by atoms with Crippen molar-refractivity contribution in [2.75, 3.05) is 0 Å². The molecule has 0 unspecified atom stereocenters. The molecule has 0 fully saturated rings. The maximum absolute atomic E-state index is 11.8. The van der Waals surface area contributed by atoms with Crippen molar-refractivity contribution < 1.29 is 19.4 Å². The first-order valence-electron chi connectivity index (χ1n) is 5.48. The molecule has 1 amide bonds. The van der Waals surface area contributed by atoms with Crippen LogP contribution in [0.5, 0.6) is 11.5 Å². The van der Waals surface area contributed by atoms with Gasteiger partial charge >= 0.3 is 0 Å². The smallest absolute Gasteiger partial charge is 0.271 e. The van der Waals surface area contributed by atoms with Gasteiger partial charge in [0.2, 0.25) is 0 Å². The lowest BCUT2D eigenvalue weighted by atomic mass is 10.2. The molecule has 0 bridgehead atoms. The molecule has 2 aromatic rings. The first-order valence-corrected chi connectivity index (χ1v) is 5.48. The molecule has 2 rings (SSSR count). The summed E-state index contributed by atoms with van der Waals surface area (Å²) in [6.45, 7) is 1.68. The minimum absolute atomic E-state index is 0.105. The molecule has 6 heteroatoms.